The summed E-state index contributed by atoms with van der Waals surface area (Å²) >= 11 is 0. The third kappa shape index (κ3) is 2.08. The second-order valence-electron chi connectivity index (χ2n) is 3.94. The Hall–Kier alpha value is -1.31. The first-order chi connectivity index (χ1) is 8.04. The van der Waals surface area contributed by atoms with Gasteiger partial charge in [-0.2, -0.15) is 4.98 Å². The Kier molecular flexibility index (Phi) is 3.23. The molecule has 6 nitrogen and oxygen atoms in total. The summed E-state index contributed by atoms with van der Waals surface area (Å²) in [5.74, 6) is 0. The van der Waals surface area contributed by atoms with Crippen LogP contribution in [0.5, 0.6) is 0 Å². The molecule has 0 spiro atoms. The summed E-state index contributed by atoms with van der Waals surface area (Å²) in [5, 5.41) is 18.3. The van der Waals surface area contributed by atoms with Crippen LogP contribution in [-0.2, 0) is 4.74 Å². The smallest absolute Gasteiger partial charge is 0.349 e. The van der Waals surface area contributed by atoms with Crippen molar-refractivity contribution in [2.45, 2.75) is 31.5 Å². The van der Waals surface area contributed by atoms with E-state index in [1.165, 1.54) is 12.3 Å². The number of ether oxygens (including phenoxy) is 1. The van der Waals surface area contributed by atoms with Gasteiger partial charge in [-0.3, -0.25) is 4.57 Å². The summed E-state index contributed by atoms with van der Waals surface area (Å²) in [5.41, 5.74) is -0.137. The molecule has 0 aromatic carbocycles. The summed E-state index contributed by atoms with van der Waals surface area (Å²) in [4.78, 5) is 15.2. The molecule has 94 valence electrons. The Morgan fingerprint density at radius 3 is 2.88 bits per heavy atom. The number of aliphatic hydroxyl groups is 2. The van der Waals surface area contributed by atoms with Gasteiger partial charge in [0.25, 0.3) is 0 Å². The number of rotatable bonds is 2. The van der Waals surface area contributed by atoms with Crippen LogP contribution >= 0.6 is 0 Å². The fraction of sp³-hybridized carbons (Fsp3) is 0.600. The fourth-order valence-electron chi connectivity index (χ4n) is 1.77. The molecule has 1 aromatic heterocycles. The van der Waals surface area contributed by atoms with Crippen LogP contribution in [0.3, 0.4) is 0 Å². The van der Waals surface area contributed by atoms with E-state index in [9.17, 15) is 14.3 Å². The molecule has 2 heterocycles. The number of aliphatic hydroxyl groups excluding tert-OH is 2. The number of hydrogen-bond acceptors (Lipinski definition) is 5. The van der Waals surface area contributed by atoms with Gasteiger partial charge >= 0.3 is 5.69 Å². The Balaban J connectivity index is 2.32. The quantitative estimate of drug-likeness (QED) is 0.707. The summed E-state index contributed by atoms with van der Waals surface area (Å²) < 4.78 is 19.8. The van der Waals surface area contributed by atoms with Crippen LogP contribution in [0.2, 0.25) is 0 Å². The molecule has 1 aliphatic heterocycles. The van der Waals surface area contributed by atoms with Gasteiger partial charge in [0.05, 0.1) is 6.61 Å². The zero-order valence-electron chi connectivity index (χ0n) is 9.15. The second kappa shape index (κ2) is 4.52. The molecule has 1 aromatic rings. The molecule has 7 heteroatoms. The lowest BCUT2D eigenvalue weighted by Gasteiger charge is -2.15. The molecule has 4 atom stereocenters. The zero-order chi connectivity index (χ0) is 12.6. The molecule has 1 saturated heterocycles. The topological polar surface area (TPSA) is 84.6 Å². The Morgan fingerprint density at radius 1 is 1.65 bits per heavy atom. The lowest BCUT2D eigenvalue weighted by molar-refractivity contribution is -0.0491. The van der Waals surface area contributed by atoms with Gasteiger partial charge in [-0.05, 0) is 13.0 Å². The molecule has 17 heavy (non-hydrogen) atoms. The Bertz CT molecular complexity index is 464. The van der Waals surface area contributed by atoms with Gasteiger partial charge < -0.3 is 14.9 Å². The van der Waals surface area contributed by atoms with Gasteiger partial charge in [-0.15, -0.1) is 0 Å². The van der Waals surface area contributed by atoms with E-state index in [0.29, 0.717) is 5.69 Å². The second-order valence-corrected chi connectivity index (χ2v) is 3.94. The minimum absolute atomic E-state index is 0.508. The monoisotopic (exact) mass is 244 g/mol. The molecule has 2 N–H and O–H groups in total. The first-order valence-electron chi connectivity index (χ1n) is 5.19. The Labute approximate surface area is 96.3 Å². The highest BCUT2D eigenvalue weighted by molar-refractivity contribution is 4.99. The van der Waals surface area contributed by atoms with E-state index in [-0.39, 0.29) is 0 Å². The number of nitrogens with zero attached hydrogens (tertiary/aromatic N) is 2. The third-order valence-electron chi connectivity index (χ3n) is 2.72. The highest BCUT2D eigenvalue weighted by Crippen LogP contribution is 2.30. The predicted octanol–water partition coefficient (Wildman–Crippen LogP) is -0.860. The van der Waals surface area contributed by atoms with Crippen molar-refractivity contribution in [1.29, 1.82) is 0 Å². The minimum atomic E-state index is -1.77. The molecule has 1 aliphatic rings. The number of aryl methyl sites for hydroxylation is 1. The van der Waals surface area contributed by atoms with Crippen molar-refractivity contribution in [2.24, 2.45) is 0 Å². The van der Waals surface area contributed by atoms with Crippen molar-refractivity contribution in [3.63, 3.8) is 0 Å². The van der Waals surface area contributed by atoms with Crippen molar-refractivity contribution in [1.82, 2.24) is 9.55 Å². The molecule has 0 saturated carbocycles. The van der Waals surface area contributed by atoms with Gasteiger partial charge in [0.1, 0.15) is 12.2 Å². The van der Waals surface area contributed by atoms with Crippen molar-refractivity contribution in [2.75, 3.05) is 6.61 Å². The normalized spacial score (nSPS) is 32.9. The van der Waals surface area contributed by atoms with Gasteiger partial charge in [-0.1, -0.05) is 0 Å². The van der Waals surface area contributed by atoms with Gasteiger partial charge in [0, 0.05) is 11.9 Å². The summed E-state index contributed by atoms with van der Waals surface area (Å²) in [6.07, 6.45) is -4.13. The van der Waals surface area contributed by atoms with Crippen LogP contribution in [0.15, 0.2) is 17.1 Å². The molecule has 0 bridgehead atoms. The molecule has 0 aliphatic carbocycles. The van der Waals surface area contributed by atoms with E-state index < -0.39 is 36.9 Å². The van der Waals surface area contributed by atoms with Crippen LogP contribution in [0, 0.1) is 6.92 Å². The first-order valence-corrected chi connectivity index (χ1v) is 5.19. The van der Waals surface area contributed by atoms with E-state index in [4.69, 9.17) is 9.84 Å². The molecule has 0 unspecified atom stereocenters. The summed E-state index contributed by atoms with van der Waals surface area (Å²) in [6.45, 7) is 1.13. The van der Waals surface area contributed by atoms with Crippen LogP contribution in [0.25, 0.3) is 0 Å². The summed E-state index contributed by atoms with van der Waals surface area (Å²) in [6, 6.07) is 1.54. The zero-order valence-corrected chi connectivity index (χ0v) is 9.15. The highest BCUT2D eigenvalue weighted by Gasteiger charge is 2.45. The average molecular weight is 244 g/mol. The van der Waals surface area contributed by atoms with E-state index in [1.807, 2.05) is 0 Å². The fourth-order valence-corrected chi connectivity index (χ4v) is 1.77. The minimum Gasteiger partial charge on any atom is -0.394 e. The number of hydrogen-bond donors (Lipinski definition) is 2. The maximum absolute atomic E-state index is 13.7. The van der Waals surface area contributed by atoms with Gasteiger partial charge in [0.15, 0.2) is 12.4 Å². The maximum Gasteiger partial charge on any atom is 0.349 e. The molecular weight excluding hydrogens is 231 g/mol. The van der Waals surface area contributed by atoms with E-state index >= 15 is 0 Å². The van der Waals surface area contributed by atoms with Crippen molar-refractivity contribution >= 4 is 0 Å². The van der Waals surface area contributed by atoms with Gasteiger partial charge in [-0.25, -0.2) is 9.18 Å². The molecule has 1 fully saturated rings. The predicted molar refractivity (Wildman–Crippen MR) is 55.1 cm³/mol. The number of alkyl halides is 1. The summed E-state index contributed by atoms with van der Waals surface area (Å²) in [7, 11) is 0. The molecule has 2 rings (SSSR count). The SMILES string of the molecule is Cc1ccn([C@@H]2O[C@H](CO)[C@@H](O)[C@@H]2F)c(=O)n1. The van der Waals surface area contributed by atoms with Crippen LogP contribution in [0.1, 0.15) is 11.9 Å². The van der Waals surface area contributed by atoms with Crippen LogP contribution in [0.4, 0.5) is 4.39 Å². The number of aromatic nitrogens is 2. The van der Waals surface area contributed by atoms with Crippen molar-refractivity contribution in [3.05, 3.63) is 28.4 Å². The molecule has 0 radical (unpaired) electrons. The van der Waals surface area contributed by atoms with Crippen molar-refractivity contribution in [3.8, 4) is 0 Å². The Morgan fingerprint density at radius 2 is 2.35 bits per heavy atom. The van der Waals surface area contributed by atoms with Crippen molar-refractivity contribution < 1.29 is 19.3 Å². The third-order valence-corrected chi connectivity index (χ3v) is 2.72. The standard InChI is InChI=1S/C10H13FN2O4/c1-5-2-3-13(10(16)12-5)9-7(11)8(15)6(4-14)17-9/h2-3,6-9,14-15H,4H2,1H3/t6-,7+,8-,9-/m1/s1. The van der Waals surface area contributed by atoms with E-state index in [1.54, 1.807) is 6.92 Å². The first kappa shape index (κ1) is 12.2. The van der Waals surface area contributed by atoms with E-state index in [2.05, 4.69) is 4.98 Å². The molecular formula is C10H13FN2O4. The lowest BCUT2D eigenvalue weighted by Crippen LogP contribution is -2.33. The van der Waals surface area contributed by atoms with Gasteiger partial charge in [0.2, 0.25) is 0 Å². The largest absolute Gasteiger partial charge is 0.394 e. The van der Waals surface area contributed by atoms with Crippen LogP contribution in [-0.4, -0.2) is 44.8 Å². The number of halogens is 1. The van der Waals surface area contributed by atoms with Crippen LogP contribution < -0.4 is 5.69 Å². The highest BCUT2D eigenvalue weighted by atomic mass is 19.1. The van der Waals surface area contributed by atoms with E-state index in [0.717, 1.165) is 4.57 Å². The lowest BCUT2D eigenvalue weighted by atomic mass is 10.1. The average Bonchev–Trinajstić information content (AvgIpc) is 2.57. The maximum atomic E-state index is 13.7. The molecule has 0 amide bonds.